The molecule has 2 aliphatic heterocycles. The van der Waals surface area contributed by atoms with Crippen LogP contribution in [0, 0.1) is 0 Å². The largest absolute Gasteiger partial charge is 0.444 e. The summed E-state index contributed by atoms with van der Waals surface area (Å²) in [5.41, 5.74) is 6.55. The number of ether oxygens (including phenoxy) is 1. The number of H-pyrrole nitrogens is 1. The van der Waals surface area contributed by atoms with E-state index in [1.54, 1.807) is 6.20 Å². The Morgan fingerprint density at radius 2 is 1.97 bits per heavy atom. The monoisotopic (exact) mass is 442 g/mol. The van der Waals surface area contributed by atoms with E-state index < -0.39 is 11.6 Å². The van der Waals surface area contributed by atoms with Crippen LogP contribution in [0.5, 0.6) is 0 Å². The third-order valence-electron chi connectivity index (χ3n) is 5.76. The van der Waals surface area contributed by atoms with Gasteiger partial charge in [-0.2, -0.15) is 0 Å². The van der Waals surface area contributed by atoms with Crippen LogP contribution in [0.4, 0.5) is 10.5 Å². The number of amidine groups is 1. The highest BCUT2D eigenvalue weighted by Crippen LogP contribution is 2.39. The number of aromatic amines is 1. The van der Waals surface area contributed by atoms with Crippen molar-refractivity contribution in [2.24, 2.45) is 10.9 Å². The number of carbonyl (C=O) groups is 2. The maximum Gasteiger partial charge on any atom is 0.410 e. The molecule has 0 spiro atoms. The molecule has 172 valence electrons. The van der Waals surface area contributed by atoms with Crippen LogP contribution in [-0.2, 0) is 9.57 Å². The van der Waals surface area contributed by atoms with Crippen molar-refractivity contribution < 1.29 is 19.2 Å². The van der Waals surface area contributed by atoms with E-state index >= 15 is 0 Å². The highest BCUT2D eigenvalue weighted by atomic mass is 16.7. The van der Waals surface area contributed by atoms with Crippen molar-refractivity contribution >= 4 is 34.6 Å². The number of anilines is 1. The highest BCUT2D eigenvalue weighted by Gasteiger charge is 2.45. The van der Waals surface area contributed by atoms with E-state index in [-0.39, 0.29) is 35.6 Å². The molecule has 2 bridgehead atoms. The van der Waals surface area contributed by atoms with Crippen LogP contribution in [0.1, 0.15) is 63.7 Å². The molecule has 0 radical (unpaired) electrons. The number of piperidine rings is 1. The molecule has 2 aromatic rings. The van der Waals surface area contributed by atoms with Crippen molar-refractivity contribution in [1.29, 1.82) is 0 Å². The van der Waals surface area contributed by atoms with Crippen LogP contribution >= 0.6 is 0 Å². The molecule has 0 saturated carbocycles. The molecule has 2 aromatic heterocycles. The zero-order valence-corrected chi connectivity index (χ0v) is 18.8. The standard InChI is InChI=1S/C22H30N6O4/c1-12(23)27-32-20(29)17-11-25-19-16(7-8-24-19)18(17)26-13-9-14-5-6-15(10-13)28(14)21(30)31-22(2,3)4/h7-8,11,13-15H,5-6,9-10H2,1-4H3,(H2,23,27)(H2,24,25,26)/t13?,14-,15+. The van der Waals surface area contributed by atoms with Crippen LogP contribution < -0.4 is 11.1 Å². The fraction of sp³-hybridized carbons (Fsp3) is 0.545. The van der Waals surface area contributed by atoms with E-state index in [4.69, 9.17) is 15.3 Å². The summed E-state index contributed by atoms with van der Waals surface area (Å²) in [5.74, 6) is -0.489. The summed E-state index contributed by atoms with van der Waals surface area (Å²) in [6.07, 6.45) is 6.40. The summed E-state index contributed by atoms with van der Waals surface area (Å²) in [5, 5.41) is 7.90. The number of nitrogens with one attached hydrogen (secondary N) is 2. The summed E-state index contributed by atoms with van der Waals surface area (Å²) in [4.78, 5) is 39.6. The Kier molecular flexibility index (Phi) is 5.70. The first-order valence-electron chi connectivity index (χ1n) is 10.9. The zero-order chi connectivity index (χ0) is 23.0. The van der Waals surface area contributed by atoms with Gasteiger partial charge < -0.3 is 30.5 Å². The Bertz CT molecular complexity index is 1040. The van der Waals surface area contributed by atoms with Crippen molar-refractivity contribution in [3.8, 4) is 0 Å². The number of pyridine rings is 1. The summed E-state index contributed by atoms with van der Waals surface area (Å²) in [7, 11) is 0. The number of hydrogen-bond donors (Lipinski definition) is 3. The van der Waals surface area contributed by atoms with Gasteiger partial charge in [-0.15, -0.1) is 0 Å². The molecule has 4 heterocycles. The van der Waals surface area contributed by atoms with Gasteiger partial charge >= 0.3 is 12.1 Å². The Labute approximate surface area is 186 Å². The van der Waals surface area contributed by atoms with E-state index in [1.807, 2.05) is 31.7 Å². The second-order valence-electron chi connectivity index (χ2n) is 9.48. The quantitative estimate of drug-likeness (QED) is 0.286. The van der Waals surface area contributed by atoms with Crippen molar-refractivity contribution in [3.63, 3.8) is 0 Å². The predicted molar refractivity (Wildman–Crippen MR) is 120 cm³/mol. The van der Waals surface area contributed by atoms with Gasteiger partial charge in [0.1, 0.15) is 22.6 Å². The van der Waals surface area contributed by atoms with Crippen molar-refractivity contribution in [2.45, 2.75) is 77.1 Å². The molecule has 2 saturated heterocycles. The summed E-state index contributed by atoms with van der Waals surface area (Å²) in [6.45, 7) is 7.17. The van der Waals surface area contributed by atoms with Gasteiger partial charge in [-0.25, -0.2) is 14.6 Å². The first-order valence-corrected chi connectivity index (χ1v) is 10.9. The van der Waals surface area contributed by atoms with Gasteiger partial charge in [-0.1, -0.05) is 5.16 Å². The maximum atomic E-state index is 12.7. The number of fused-ring (bicyclic) bond motifs is 3. The molecule has 2 fully saturated rings. The second-order valence-corrected chi connectivity index (χ2v) is 9.48. The number of amides is 1. The average Bonchev–Trinajstić information content (AvgIpc) is 3.28. The van der Waals surface area contributed by atoms with Gasteiger partial charge in [0.2, 0.25) is 0 Å². The van der Waals surface area contributed by atoms with Crippen molar-refractivity contribution in [3.05, 3.63) is 24.0 Å². The van der Waals surface area contributed by atoms with Crippen LogP contribution in [0.3, 0.4) is 0 Å². The third-order valence-corrected chi connectivity index (χ3v) is 5.76. The van der Waals surface area contributed by atoms with Crippen molar-refractivity contribution in [2.75, 3.05) is 5.32 Å². The zero-order valence-electron chi connectivity index (χ0n) is 18.8. The second kappa shape index (κ2) is 8.33. The molecule has 0 aromatic carbocycles. The summed E-state index contributed by atoms with van der Waals surface area (Å²) >= 11 is 0. The van der Waals surface area contributed by atoms with Gasteiger partial charge in [-0.05, 0) is 59.4 Å². The summed E-state index contributed by atoms with van der Waals surface area (Å²) in [6, 6.07) is 2.15. The Balaban J connectivity index is 1.55. The lowest BCUT2D eigenvalue weighted by Crippen LogP contribution is -2.51. The highest BCUT2D eigenvalue weighted by molar-refractivity contribution is 6.04. The SMILES string of the molecule is C/C(N)=N/OC(=O)c1cnc2[nH]ccc2c1NC1C[C@H]2CC[C@@H](C1)N2C(=O)OC(C)(C)C. The van der Waals surface area contributed by atoms with Gasteiger partial charge in [0.05, 0.1) is 5.69 Å². The minimum absolute atomic E-state index is 0.0815. The first kappa shape index (κ1) is 21.9. The lowest BCUT2D eigenvalue weighted by Gasteiger charge is -2.40. The molecular weight excluding hydrogens is 412 g/mol. The molecule has 2 aliphatic rings. The Hall–Kier alpha value is -3.30. The van der Waals surface area contributed by atoms with Gasteiger partial charge in [0, 0.05) is 35.9 Å². The normalized spacial score (nSPS) is 23.3. The Morgan fingerprint density at radius 3 is 2.59 bits per heavy atom. The topological polar surface area (TPSA) is 135 Å². The van der Waals surface area contributed by atoms with Gasteiger partial charge in [0.25, 0.3) is 0 Å². The van der Waals surface area contributed by atoms with E-state index in [1.165, 1.54) is 13.1 Å². The lowest BCUT2D eigenvalue weighted by molar-refractivity contribution is 0.00683. The minimum Gasteiger partial charge on any atom is -0.444 e. The number of nitrogens with zero attached hydrogens (tertiary/aromatic N) is 3. The van der Waals surface area contributed by atoms with Crippen LogP contribution in [-0.4, -0.2) is 56.5 Å². The predicted octanol–water partition coefficient (Wildman–Crippen LogP) is 3.35. The van der Waals surface area contributed by atoms with E-state index in [0.29, 0.717) is 11.3 Å². The van der Waals surface area contributed by atoms with Crippen LogP contribution in [0.15, 0.2) is 23.6 Å². The lowest BCUT2D eigenvalue weighted by atomic mass is 9.97. The maximum absolute atomic E-state index is 12.7. The molecule has 32 heavy (non-hydrogen) atoms. The number of carbonyl (C=O) groups excluding carboxylic acids is 2. The molecule has 10 heteroatoms. The number of rotatable bonds is 4. The number of nitrogens with two attached hydrogens (primary N) is 1. The molecule has 1 unspecified atom stereocenters. The average molecular weight is 443 g/mol. The smallest absolute Gasteiger partial charge is 0.410 e. The fourth-order valence-electron chi connectivity index (χ4n) is 4.59. The van der Waals surface area contributed by atoms with Gasteiger partial charge in [-0.3, -0.25) is 0 Å². The van der Waals surface area contributed by atoms with Crippen molar-refractivity contribution in [1.82, 2.24) is 14.9 Å². The molecule has 1 amide bonds. The minimum atomic E-state index is -0.637. The molecule has 3 atom stereocenters. The first-order chi connectivity index (χ1) is 15.1. The van der Waals surface area contributed by atoms with E-state index in [2.05, 4.69) is 20.4 Å². The Morgan fingerprint density at radius 1 is 1.28 bits per heavy atom. The number of aromatic nitrogens is 2. The van der Waals surface area contributed by atoms with E-state index in [9.17, 15) is 9.59 Å². The number of oxime groups is 1. The van der Waals surface area contributed by atoms with Crippen LogP contribution in [0.25, 0.3) is 11.0 Å². The third kappa shape index (κ3) is 4.49. The molecule has 0 aliphatic carbocycles. The van der Waals surface area contributed by atoms with E-state index in [0.717, 1.165) is 31.1 Å². The molecule has 4 N–H and O–H groups in total. The molecular formula is C22H30N6O4. The summed E-state index contributed by atoms with van der Waals surface area (Å²) < 4.78 is 5.63. The van der Waals surface area contributed by atoms with Gasteiger partial charge in [0.15, 0.2) is 0 Å². The fourth-order valence-corrected chi connectivity index (χ4v) is 4.59. The molecule has 10 nitrogen and oxygen atoms in total. The van der Waals surface area contributed by atoms with Crippen LogP contribution in [0.2, 0.25) is 0 Å². The molecule has 4 rings (SSSR count). The number of hydrogen-bond acceptors (Lipinski definition) is 7.